The number of hydrogen-bond donors (Lipinski definition) is 1. The zero-order valence-corrected chi connectivity index (χ0v) is 8.54. The molecule has 0 radical (unpaired) electrons. The largest absolute Gasteiger partial charge is 0.507 e. The van der Waals surface area contributed by atoms with Crippen molar-refractivity contribution in [2.75, 3.05) is 0 Å². The molecule has 0 saturated carbocycles. The second-order valence-corrected chi connectivity index (χ2v) is 3.58. The molecule has 0 aliphatic carbocycles. The standard InChI is InChI=1S/C13H14O/c1-3-10-8-11-6-4-5-7-12(11)9(2)13(10)14/h4-8,14H,3H2,1-2H3. The molecule has 0 unspecified atom stereocenters. The fourth-order valence-corrected chi connectivity index (χ4v) is 1.86. The van der Waals surface area contributed by atoms with Gasteiger partial charge in [-0.3, -0.25) is 0 Å². The predicted octanol–water partition coefficient (Wildman–Crippen LogP) is 3.42. The van der Waals surface area contributed by atoms with Gasteiger partial charge in [0.1, 0.15) is 5.75 Å². The topological polar surface area (TPSA) is 20.2 Å². The predicted molar refractivity (Wildman–Crippen MR) is 59.7 cm³/mol. The first-order valence-corrected chi connectivity index (χ1v) is 4.94. The quantitative estimate of drug-likeness (QED) is 0.723. The number of phenolic OH excluding ortho intramolecular Hbond substituents is 1. The van der Waals surface area contributed by atoms with Gasteiger partial charge in [-0.05, 0) is 41.3 Å². The lowest BCUT2D eigenvalue weighted by Crippen LogP contribution is -1.87. The fraction of sp³-hybridized carbons (Fsp3) is 0.231. The lowest BCUT2D eigenvalue weighted by molar-refractivity contribution is 0.466. The van der Waals surface area contributed by atoms with Gasteiger partial charge in [0.25, 0.3) is 0 Å². The second-order valence-electron chi connectivity index (χ2n) is 3.58. The van der Waals surface area contributed by atoms with E-state index in [4.69, 9.17) is 0 Å². The number of aromatic hydroxyl groups is 1. The van der Waals surface area contributed by atoms with Gasteiger partial charge in [-0.15, -0.1) is 0 Å². The van der Waals surface area contributed by atoms with E-state index < -0.39 is 0 Å². The Balaban J connectivity index is 2.85. The Hall–Kier alpha value is -1.50. The fourth-order valence-electron chi connectivity index (χ4n) is 1.86. The van der Waals surface area contributed by atoms with E-state index in [1.54, 1.807) is 0 Å². The van der Waals surface area contributed by atoms with Gasteiger partial charge in [0.2, 0.25) is 0 Å². The Morgan fingerprint density at radius 3 is 2.64 bits per heavy atom. The molecule has 0 heterocycles. The summed E-state index contributed by atoms with van der Waals surface area (Å²) in [5.41, 5.74) is 2.01. The first-order chi connectivity index (χ1) is 6.74. The number of rotatable bonds is 1. The molecule has 2 aromatic carbocycles. The van der Waals surface area contributed by atoms with Gasteiger partial charge in [-0.2, -0.15) is 0 Å². The zero-order valence-electron chi connectivity index (χ0n) is 8.54. The molecule has 0 amide bonds. The van der Waals surface area contributed by atoms with Gasteiger partial charge >= 0.3 is 0 Å². The van der Waals surface area contributed by atoms with E-state index in [1.165, 1.54) is 5.39 Å². The summed E-state index contributed by atoms with van der Waals surface area (Å²) in [5.74, 6) is 0.450. The van der Waals surface area contributed by atoms with Crippen LogP contribution in [0.5, 0.6) is 5.75 Å². The summed E-state index contributed by atoms with van der Waals surface area (Å²) in [6.07, 6.45) is 0.873. The molecular weight excluding hydrogens is 172 g/mol. The Morgan fingerprint density at radius 1 is 1.21 bits per heavy atom. The highest BCUT2D eigenvalue weighted by atomic mass is 16.3. The van der Waals surface area contributed by atoms with Crippen LogP contribution in [0.15, 0.2) is 30.3 Å². The van der Waals surface area contributed by atoms with Crippen molar-refractivity contribution in [3.05, 3.63) is 41.5 Å². The second kappa shape index (κ2) is 3.33. The molecule has 0 atom stereocenters. The third kappa shape index (κ3) is 1.25. The maximum Gasteiger partial charge on any atom is 0.122 e. The molecule has 0 aliphatic heterocycles. The van der Waals surface area contributed by atoms with Crippen molar-refractivity contribution in [3.63, 3.8) is 0 Å². The average molecular weight is 186 g/mol. The molecule has 1 N–H and O–H groups in total. The van der Waals surface area contributed by atoms with Crippen molar-refractivity contribution in [1.82, 2.24) is 0 Å². The van der Waals surface area contributed by atoms with Crippen LogP contribution in [0.4, 0.5) is 0 Å². The highest BCUT2D eigenvalue weighted by Crippen LogP contribution is 2.30. The maximum absolute atomic E-state index is 9.90. The molecule has 2 aromatic rings. The molecule has 0 fully saturated rings. The summed E-state index contributed by atoms with van der Waals surface area (Å²) in [7, 11) is 0. The molecule has 0 saturated heterocycles. The van der Waals surface area contributed by atoms with E-state index in [0.29, 0.717) is 5.75 Å². The van der Waals surface area contributed by atoms with E-state index >= 15 is 0 Å². The average Bonchev–Trinajstić information content (AvgIpc) is 2.23. The van der Waals surface area contributed by atoms with Crippen LogP contribution < -0.4 is 0 Å². The minimum Gasteiger partial charge on any atom is -0.507 e. The first-order valence-electron chi connectivity index (χ1n) is 4.94. The van der Waals surface area contributed by atoms with E-state index in [9.17, 15) is 5.11 Å². The minimum atomic E-state index is 0.450. The number of aryl methyl sites for hydroxylation is 2. The number of hydrogen-bond acceptors (Lipinski definition) is 1. The summed E-state index contributed by atoms with van der Waals surface area (Å²) >= 11 is 0. The van der Waals surface area contributed by atoms with Crippen molar-refractivity contribution < 1.29 is 5.11 Å². The highest BCUT2D eigenvalue weighted by molar-refractivity contribution is 5.88. The van der Waals surface area contributed by atoms with Crippen LogP contribution in [0.2, 0.25) is 0 Å². The van der Waals surface area contributed by atoms with Crippen molar-refractivity contribution >= 4 is 10.8 Å². The first kappa shape index (κ1) is 9.07. The Morgan fingerprint density at radius 2 is 1.93 bits per heavy atom. The van der Waals surface area contributed by atoms with Crippen LogP contribution >= 0.6 is 0 Å². The maximum atomic E-state index is 9.90. The molecule has 0 aromatic heterocycles. The van der Waals surface area contributed by atoms with Crippen LogP contribution in [0, 0.1) is 6.92 Å². The summed E-state index contributed by atoms with van der Waals surface area (Å²) in [6.45, 7) is 4.03. The summed E-state index contributed by atoms with van der Waals surface area (Å²) in [4.78, 5) is 0. The monoisotopic (exact) mass is 186 g/mol. The summed E-state index contributed by atoms with van der Waals surface area (Å²) in [6, 6.07) is 10.2. The van der Waals surface area contributed by atoms with Crippen LogP contribution in [-0.2, 0) is 6.42 Å². The van der Waals surface area contributed by atoms with Crippen LogP contribution in [0.25, 0.3) is 10.8 Å². The lowest BCUT2D eigenvalue weighted by atomic mass is 9.99. The smallest absolute Gasteiger partial charge is 0.122 e. The van der Waals surface area contributed by atoms with Gasteiger partial charge < -0.3 is 5.11 Å². The molecule has 0 bridgehead atoms. The molecule has 72 valence electrons. The lowest BCUT2D eigenvalue weighted by Gasteiger charge is -2.09. The molecule has 1 heteroatoms. The third-order valence-corrected chi connectivity index (χ3v) is 2.73. The summed E-state index contributed by atoms with van der Waals surface area (Å²) in [5, 5.41) is 12.2. The van der Waals surface area contributed by atoms with Gasteiger partial charge in [0.15, 0.2) is 0 Å². The molecule has 0 aliphatic rings. The molecule has 1 nitrogen and oxygen atoms in total. The van der Waals surface area contributed by atoms with Crippen molar-refractivity contribution in [2.24, 2.45) is 0 Å². The number of benzene rings is 2. The van der Waals surface area contributed by atoms with Gasteiger partial charge in [0.05, 0.1) is 0 Å². The van der Waals surface area contributed by atoms with Crippen molar-refractivity contribution in [3.8, 4) is 5.75 Å². The molecule has 2 rings (SSSR count). The van der Waals surface area contributed by atoms with Gasteiger partial charge in [0, 0.05) is 0 Å². The normalized spacial score (nSPS) is 10.7. The van der Waals surface area contributed by atoms with Crippen LogP contribution in [0.1, 0.15) is 18.1 Å². The van der Waals surface area contributed by atoms with E-state index in [1.807, 2.05) is 25.1 Å². The SMILES string of the molecule is CCc1cc2ccccc2c(C)c1O. The van der Waals surface area contributed by atoms with E-state index in [-0.39, 0.29) is 0 Å². The third-order valence-electron chi connectivity index (χ3n) is 2.73. The molecule has 0 spiro atoms. The Kier molecular flexibility index (Phi) is 2.16. The van der Waals surface area contributed by atoms with E-state index in [0.717, 1.165) is 22.9 Å². The van der Waals surface area contributed by atoms with E-state index in [2.05, 4.69) is 19.1 Å². The molecule has 14 heavy (non-hydrogen) atoms. The Labute approximate surface area is 84.0 Å². The summed E-state index contributed by atoms with van der Waals surface area (Å²) < 4.78 is 0. The number of fused-ring (bicyclic) bond motifs is 1. The number of phenols is 1. The van der Waals surface area contributed by atoms with Crippen LogP contribution in [0.3, 0.4) is 0 Å². The van der Waals surface area contributed by atoms with Crippen LogP contribution in [-0.4, -0.2) is 5.11 Å². The van der Waals surface area contributed by atoms with Crippen molar-refractivity contribution in [1.29, 1.82) is 0 Å². The highest BCUT2D eigenvalue weighted by Gasteiger charge is 2.06. The van der Waals surface area contributed by atoms with Gasteiger partial charge in [-0.25, -0.2) is 0 Å². The van der Waals surface area contributed by atoms with Gasteiger partial charge in [-0.1, -0.05) is 31.2 Å². The zero-order chi connectivity index (χ0) is 10.1. The van der Waals surface area contributed by atoms with Crippen molar-refractivity contribution in [2.45, 2.75) is 20.3 Å². The Bertz CT molecular complexity index is 472. The molecular formula is C13H14O. The minimum absolute atomic E-state index is 0.450.